The largest absolute Gasteiger partial charge is 0.448 e. The van der Waals surface area contributed by atoms with Crippen molar-refractivity contribution in [2.45, 2.75) is 13.0 Å². The van der Waals surface area contributed by atoms with Crippen LogP contribution in [0, 0.1) is 0 Å². The van der Waals surface area contributed by atoms with E-state index in [1.165, 1.54) is 31.6 Å². The predicted molar refractivity (Wildman–Crippen MR) is 84.2 cm³/mol. The van der Waals surface area contributed by atoms with Crippen molar-refractivity contribution >= 4 is 46.7 Å². The van der Waals surface area contributed by atoms with Gasteiger partial charge in [-0.2, -0.15) is 0 Å². The molecule has 10 heteroatoms. The lowest BCUT2D eigenvalue weighted by atomic mass is 10.3. The van der Waals surface area contributed by atoms with E-state index in [9.17, 15) is 9.59 Å². The second-order valence-corrected chi connectivity index (χ2v) is 5.15. The van der Waals surface area contributed by atoms with Crippen molar-refractivity contribution in [3.63, 3.8) is 0 Å². The summed E-state index contributed by atoms with van der Waals surface area (Å²) in [6.07, 6.45) is 2.81. The molecule has 0 spiro atoms. The lowest BCUT2D eigenvalue weighted by molar-refractivity contribution is -0.123. The van der Waals surface area contributed by atoms with Gasteiger partial charge in [-0.15, -0.1) is 0 Å². The fourth-order valence-electron chi connectivity index (χ4n) is 1.50. The molecular formula is C13H11Cl2N5O3. The Morgan fingerprint density at radius 3 is 2.61 bits per heavy atom. The molecule has 2 rings (SSSR count). The maximum Gasteiger partial charge on any atom is 0.361 e. The first kappa shape index (κ1) is 16.9. The molecule has 0 aliphatic rings. The molecule has 0 bridgehead atoms. The normalized spacial score (nSPS) is 11.6. The van der Waals surface area contributed by atoms with Crippen LogP contribution in [0.15, 0.2) is 24.7 Å². The number of halogens is 2. The van der Waals surface area contributed by atoms with E-state index < -0.39 is 18.0 Å². The third-order valence-corrected chi connectivity index (χ3v) is 3.12. The van der Waals surface area contributed by atoms with Crippen LogP contribution in [-0.2, 0) is 9.53 Å². The second-order valence-electron chi connectivity index (χ2n) is 4.31. The molecule has 2 heterocycles. The Labute approximate surface area is 141 Å². The molecule has 1 atom stereocenters. The topological polar surface area (TPSA) is 120 Å². The number of hydrogen-bond donors (Lipinski definition) is 2. The van der Waals surface area contributed by atoms with Crippen LogP contribution in [0.3, 0.4) is 0 Å². The van der Waals surface area contributed by atoms with Gasteiger partial charge in [0, 0.05) is 18.6 Å². The molecule has 0 fully saturated rings. The lowest BCUT2D eigenvalue weighted by Gasteiger charge is -2.13. The van der Waals surface area contributed by atoms with Crippen LogP contribution < -0.4 is 11.1 Å². The highest BCUT2D eigenvalue weighted by Crippen LogP contribution is 2.22. The lowest BCUT2D eigenvalue weighted by Crippen LogP contribution is -2.31. The Bertz CT molecular complexity index is 756. The monoisotopic (exact) mass is 355 g/mol. The molecular weight excluding hydrogens is 345 g/mol. The van der Waals surface area contributed by atoms with Crippen molar-refractivity contribution < 1.29 is 14.3 Å². The SMILES string of the molecule is CC(OC(=O)c1nccnc1N)C(=O)Nc1ncc(Cl)cc1Cl. The van der Waals surface area contributed by atoms with E-state index in [2.05, 4.69) is 20.3 Å². The second kappa shape index (κ2) is 7.21. The minimum atomic E-state index is -1.13. The third-order valence-electron chi connectivity index (χ3n) is 2.62. The number of pyridine rings is 1. The van der Waals surface area contributed by atoms with Crippen molar-refractivity contribution in [2.24, 2.45) is 0 Å². The number of anilines is 2. The van der Waals surface area contributed by atoms with Gasteiger partial charge in [0.1, 0.15) is 0 Å². The number of carbonyl (C=O) groups excluding carboxylic acids is 2. The maximum atomic E-state index is 12.0. The van der Waals surface area contributed by atoms with Crippen molar-refractivity contribution in [1.82, 2.24) is 15.0 Å². The van der Waals surface area contributed by atoms with E-state index in [-0.39, 0.29) is 22.4 Å². The Kier molecular flexibility index (Phi) is 5.30. The van der Waals surface area contributed by atoms with Crippen LogP contribution >= 0.6 is 23.2 Å². The summed E-state index contributed by atoms with van der Waals surface area (Å²) in [5.74, 6) is -1.48. The molecule has 0 aromatic carbocycles. The zero-order chi connectivity index (χ0) is 17.0. The summed E-state index contributed by atoms with van der Waals surface area (Å²) in [6.45, 7) is 1.38. The van der Waals surface area contributed by atoms with E-state index in [4.69, 9.17) is 33.7 Å². The van der Waals surface area contributed by atoms with Gasteiger partial charge >= 0.3 is 5.97 Å². The average Bonchev–Trinajstić information content (AvgIpc) is 2.50. The van der Waals surface area contributed by atoms with Crippen LogP contribution in [0.25, 0.3) is 0 Å². The summed E-state index contributed by atoms with van der Waals surface area (Å²) in [5.41, 5.74) is 5.34. The van der Waals surface area contributed by atoms with Gasteiger partial charge in [-0.05, 0) is 13.0 Å². The first-order valence-electron chi connectivity index (χ1n) is 6.28. The Morgan fingerprint density at radius 1 is 1.26 bits per heavy atom. The number of aromatic nitrogens is 3. The fourth-order valence-corrected chi connectivity index (χ4v) is 1.93. The Morgan fingerprint density at radius 2 is 1.96 bits per heavy atom. The van der Waals surface area contributed by atoms with Gasteiger partial charge in [-0.3, -0.25) is 4.79 Å². The minimum absolute atomic E-state index is 0.0903. The molecule has 0 saturated heterocycles. The van der Waals surface area contributed by atoms with E-state index in [1.54, 1.807) is 0 Å². The van der Waals surface area contributed by atoms with Crippen molar-refractivity contribution in [3.8, 4) is 0 Å². The zero-order valence-electron chi connectivity index (χ0n) is 11.8. The number of nitrogens with one attached hydrogen (secondary N) is 1. The summed E-state index contributed by atoms with van der Waals surface area (Å²) in [5, 5.41) is 2.90. The maximum absolute atomic E-state index is 12.0. The number of esters is 1. The summed E-state index contributed by atoms with van der Waals surface area (Å²) >= 11 is 11.6. The number of nitrogen functional groups attached to an aromatic ring is 1. The van der Waals surface area contributed by atoms with Gasteiger partial charge in [0.05, 0.1) is 10.0 Å². The number of amides is 1. The molecule has 1 unspecified atom stereocenters. The van der Waals surface area contributed by atoms with E-state index >= 15 is 0 Å². The van der Waals surface area contributed by atoms with Gasteiger partial charge in [-0.1, -0.05) is 23.2 Å². The molecule has 2 aromatic heterocycles. The van der Waals surface area contributed by atoms with Gasteiger partial charge in [-0.25, -0.2) is 19.7 Å². The zero-order valence-corrected chi connectivity index (χ0v) is 13.3. The quantitative estimate of drug-likeness (QED) is 0.803. The van der Waals surface area contributed by atoms with Crippen molar-refractivity contribution in [2.75, 3.05) is 11.1 Å². The number of carbonyl (C=O) groups is 2. The van der Waals surface area contributed by atoms with E-state index in [1.807, 2.05) is 0 Å². The number of nitrogens with zero attached hydrogens (tertiary/aromatic N) is 3. The molecule has 0 aliphatic carbocycles. The molecule has 2 aromatic rings. The van der Waals surface area contributed by atoms with Crippen molar-refractivity contribution in [1.29, 1.82) is 0 Å². The van der Waals surface area contributed by atoms with Gasteiger partial charge in [0.2, 0.25) is 0 Å². The highest BCUT2D eigenvalue weighted by molar-refractivity contribution is 6.36. The number of hydrogen-bond acceptors (Lipinski definition) is 7. The van der Waals surface area contributed by atoms with Crippen LogP contribution in [0.2, 0.25) is 10.0 Å². The Balaban J connectivity index is 2.03. The first-order valence-corrected chi connectivity index (χ1v) is 7.03. The van der Waals surface area contributed by atoms with Crippen LogP contribution in [-0.4, -0.2) is 32.9 Å². The molecule has 120 valence electrons. The van der Waals surface area contributed by atoms with Gasteiger partial charge in [0.15, 0.2) is 23.4 Å². The molecule has 1 amide bonds. The molecule has 0 saturated carbocycles. The highest BCUT2D eigenvalue weighted by atomic mass is 35.5. The van der Waals surface area contributed by atoms with Gasteiger partial charge in [0.25, 0.3) is 5.91 Å². The summed E-state index contributed by atoms with van der Waals surface area (Å²) in [4.78, 5) is 35.3. The number of nitrogens with two attached hydrogens (primary N) is 1. The number of ether oxygens (including phenoxy) is 1. The predicted octanol–water partition coefficient (Wildman–Crippen LogP) is 1.94. The molecule has 0 radical (unpaired) electrons. The van der Waals surface area contributed by atoms with E-state index in [0.29, 0.717) is 5.02 Å². The molecule has 3 N–H and O–H groups in total. The third kappa shape index (κ3) is 4.27. The van der Waals surface area contributed by atoms with Crippen LogP contribution in [0.4, 0.5) is 11.6 Å². The molecule has 8 nitrogen and oxygen atoms in total. The summed E-state index contributed by atoms with van der Waals surface area (Å²) < 4.78 is 4.98. The smallest absolute Gasteiger partial charge is 0.361 e. The first-order chi connectivity index (χ1) is 10.9. The average molecular weight is 356 g/mol. The van der Waals surface area contributed by atoms with E-state index in [0.717, 1.165) is 0 Å². The highest BCUT2D eigenvalue weighted by Gasteiger charge is 2.22. The van der Waals surface area contributed by atoms with Crippen molar-refractivity contribution in [3.05, 3.63) is 40.4 Å². The minimum Gasteiger partial charge on any atom is -0.448 e. The number of rotatable bonds is 4. The summed E-state index contributed by atoms with van der Waals surface area (Å²) in [6, 6.07) is 1.42. The van der Waals surface area contributed by atoms with Crippen LogP contribution in [0.1, 0.15) is 17.4 Å². The molecule has 23 heavy (non-hydrogen) atoms. The fraction of sp³-hybridized carbons (Fsp3) is 0.154. The van der Waals surface area contributed by atoms with Crippen LogP contribution in [0.5, 0.6) is 0 Å². The Hall–Kier alpha value is -2.45. The van der Waals surface area contributed by atoms with Gasteiger partial charge < -0.3 is 15.8 Å². The standard InChI is InChI=1S/C13H11Cl2N5O3/c1-6(23-13(22)9-10(16)18-3-2-17-9)12(21)20-11-8(15)4-7(14)5-19-11/h2-6H,1H3,(H2,16,18)(H,19,20,21). The molecule has 0 aliphatic heterocycles. The summed E-state index contributed by atoms with van der Waals surface area (Å²) in [7, 11) is 0.